The number of fused-ring (bicyclic) bond motifs is 4. The molecule has 0 N–H and O–H groups in total. The van der Waals surface area contributed by atoms with Crippen molar-refractivity contribution in [3.63, 3.8) is 0 Å². The molecule has 0 radical (unpaired) electrons. The zero-order valence-electron chi connectivity index (χ0n) is 45.1. The van der Waals surface area contributed by atoms with E-state index in [1.807, 2.05) is 24.4 Å². The number of rotatable bonds is 8. The molecule has 0 saturated carbocycles. The van der Waals surface area contributed by atoms with Gasteiger partial charge in [-0.25, -0.2) is 4.98 Å². The number of nitrogens with zero attached hydrogens (tertiary/aromatic N) is 4. The minimum Gasteiger partial charge on any atom is -0.509 e. The maximum atomic E-state index is 6.79. The molecule has 0 atom stereocenters. The van der Waals surface area contributed by atoms with Gasteiger partial charge >= 0.3 is 0 Å². The van der Waals surface area contributed by atoms with Crippen molar-refractivity contribution < 1.29 is 25.8 Å². The van der Waals surface area contributed by atoms with E-state index < -0.39 is 0 Å². The third-order valence-corrected chi connectivity index (χ3v) is 14.6. The van der Waals surface area contributed by atoms with Gasteiger partial charge in [0.25, 0.3) is 0 Å². The topological polar surface area (TPSA) is 33.5 Å². The fraction of sp³-hybridized carbons (Fsp3) is 0.284. The van der Waals surface area contributed by atoms with Crippen LogP contribution in [0.2, 0.25) is 0 Å². The number of benzene rings is 7. The molecule has 0 spiro atoms. The molecule has 5 nitrogen and oxygen atoms in total. The summed E-state index contributed by atoms with van der Waals surface area (Å²) in [5.74, 6) is 2.02. The number of anilines is 4. The fourth-order valence-corrected chi connectivity index (χ4v) is 9.86. The molecule has 0 fully saturated rings. The van der Waals surface area contributed by atoms with Crippen molar-refractivity contribution in [2.75, 3.05) is 9.80 Å². The zero-order chi connectivity index (χ0) is 51.1. The first-order valence-electron chi connectivity index (χ1n) is 25.5. The molecule has 0 bridgehead atoms. The predicted octanol–water partition coefficient (Wildman–Crippen LogP) is 18.2. The Balaban J connectivity index is 0.00000656. The molecule has 0 aliphatic carbocycles. The number of ether oxygens (including phenoxy) is 1. The summed E-state index contributed by atoms with van der Waals surface area (Å²) in [5, 5.41) is 2.19. The third kappa shape index (κ3) is 10.0. The van der Waals surface area contributed by atoms with Gasteiger partial charge in [0.15, 0.2) is 0 Å². The van der Waals surface area contributed by atoms with E-state index in [2.05, 4.69) is 264 Å². The second kappa shape index (κ2) is 18.8. The molecule has 6 heteroatoms. The van der Waals surface area contributed by atoms with E-state index in [1.54, 1.807) is 0 Å². The summed E-state index contributed by atoms with van der Waals surface area (Å²) >= 11 is 0. The Morgan fingerprint density at radius 3 is 1.63 bits per heavy atom. The van der Waals surface area contributed by atoms with Crippen molar-refractivity contribution in [2.24, 2.45) is 0 Å². The number of aromatic nitrogens is 2. The van der Waals surface area contributed by atoms with Crippen LogP contribution in [0.4, 0.5) is 22.7 Å². The number of pyridine rings is 1. The van der Waals surface area contributed by atoms with Gasteiger partial charge in [-0.2, -0.15) is 12.1 Å². The van der Waals surface area contributed by atoms with Crippen LogP contribution in [-0.2, 0) is 48.1 Å². The molecule has 10 rings (SSSR count). The zero-order valence-corrected chi connectivity index (χ0v) is 47.4. The normalized spacial score (nSPS) is 13.4. The van der Waals surface area contributed by atoms with Crippen molar-refractivity contribution in [1.82, 2.24) is 9.55 Å². The van der Waals surface area contributed by atoms with Gasteiger partial charge in [-0.1, -0.05) is 181 Å². The Hall–Kier alpha value is -6.42. The molecule has 3 heterocycles. The Labute approximate surface area is 449 Å². The van der Waals surface area contributed by atoms with E-state index >= 15 is 0 Å². The molecule has 376 valence electrons. The number of para-hydroxylation sites is 2. The second-order valence-corrected chi connectivity index (χ2v) is 24.5. The predicted molar refractivity (Wildman–Crippen MR) is 303 cm³/mol. The van der Waals surface area contributed by atoms with Gasteiger partial charge in [0, 0.05) is 66.8 Å². The first kappa shape index (κ1) is 51.5. The monoisotopic (exact) mass is 1140 g/mol. The van der Waals surface area contributed by atoms with Crippen LogP contribution in [0.5, 0.6) is 11.5 Å². The van der Waals surface area contributed by atoms with Crippen LogP contribution in [0.3, 0.4) is 0 Å². The van der Waals surface area contributed by atoms with Gasteiger partial charge in [0.2, 0.25) is 0 Å². The van der Waals surface area contributed by atoms with Crippen molar-refractivity contribution in [3.8, 4) is 28.4 Å². The van der Waals surface area contributed by atoms with E-state index in [0.717, 1.165) is 55.9 Å². The minimum atomic E-state index is -0.326. The summed E-state index contributed by atoms with van der Waals surface area (Å²) in [6.45, 7) is 34.4. The Morgan fingerprint density at radius 1 is 0.452 bits per heavy atom. The summed E-state index contributed by atoms with van der Waals surface area (Å²) < 4.78 is 9.04. The van der Waals surface area contributed by atoms with Gasteiger partial charge in [-0.3, -0.25) is 0 Å². The molecule has 0 saturated heterocycles. The average Bonchev–Trinajstić information content (AvgIpc) is 3.89. The maximum Gasteiger partial charge on any atom is 0.135 e. The van der Waals surface area contributed by atoms with Crippen LogP contribution in [-0.4, -0.2) is 9.55 Å². The van der Waals surface area contributed by atoms with Gasteiger partial charge in [0.1, 0.15) is 5.82 Å². The molecule has 9 aromatic rings. The summed E-state index contributed by atoms with van der Waals surface area (Å²) in [6, 6.07) is 62.3. The molecule has 1 aliphatic rings. The average molecular weight is 1140 g/mol. The van der Waals surface area contributed by atoms with E-state index in [1.165, 1.54) is 38.9 Å². The van der Waals surface area contributed by atoms with E-state index in [4.69, 9.17) is 9.72 Å². The molecule has 73 heavy (non-hydrogen) atoms. The van der Waals surface area contributed by atoms with Gasteiger partial charge in [-0.05, 0) is 114 Å². The molecular formula is C67H69N4OPt-3. The molecular weight excluding hydrogens is 1070 g/mol. The Kier molecular flexibility index (Phi) is 13.3. The maximum absolute atomic E-state index is 6.79. The van der Waals surface area contributed by atoms with Crippen LogP contribution < -0.4 is 14.5 Å². The largest absolute Gasteiger partial charge is 0.509 e. The van der Waals surface area contributed by atoms with Crippen molar-refractivity contribution in [1.29, 1.82) is 0 Å². The second-order valence-electron chi connectivity index (χ2n) is 24.5. The van der Waals surface area contributed by atoms with Crippen molar-refractivity contribution >= 4 is 44.6 Å². The van der Waals surface area contributed by atoms with E-state index in [-0.39, 0.29) is 48.1 Å². The van der Waals surface area contributed by atoms with Crippen molar-refractivity contribution in [2.45, 2.75) is 124 Å². The molecule has 0 amide bonds. The fourth-order valence-electron chi connectivity index (χ4n) is 9.86. The Morgan fingerprint density at radius 2 is 1.01 bits per heavy atom. The van der Waals surface area contributed by atoms with Gasteiger partial charge in [-0.15, -0.1) is 48.1 Å². The van der Waals surface area contributed by atoms with Crippen molar-refractivity contribution in [3.05, 3.63) is 210 Å². The SMILES string of the molecule is CC(C)(C)c1cc(N2[CH-]N(c3[c-]c(Oc4[c-]c5c(cc4)c4cc(-c6ccccc6)ccc4n5-c4cc(C(C)(C)c5cc(C(C)(C)C)cc(C(C)(C)C)c5)ccn4)ccc3)c3ccccc32)cc(C(C)(C)C)c1.[Pt]. The van der Waals surface area contributed by atoms with Crippen LogP contribution in [0.15, 0.2) is 158 Å². The first-order chi connectivity index (χ1) is 33.9. The van der Waals surface area contributed by atoms with Gasteiger partial charge in [0.05, 0.1) is 0 Å². The van der Waals surface area contributed by atoms with E-state index in [9.17, 15) is 0 Å². The first-order valence-corrected chi connectivity index (χ1v) is 25.5. The third-order valence-electron chi connectivity index (χ3n) is 14.6. The summed E-state index contributed by atoms with van der Waals surface area (Å²) in [7, 11) is 0. The van der Waals surface area contributed by atoms with Crippen LogP contribution in [0.1, 0.15) is 130 Å². The molecule has 0 unspecified atom stereocenters. The summed E-state index contributed by atoms with van der Waals surface area (Å²) in [4.78, 5) is 9.63. The minimum absolute atomic E-state index is 0. The summed E-state index contributed by atoms with van der Waals surface area (Å²) in [5.41, 5.74) is 15.9. The van der Waals surface area contributed by atoms with Gasteiger partial charge < -0.3 is 19.1 Å². The quantitative estimate of drug-likeness (QED) is 0.142. The Bertz CT molecular complexity index is 3440. The molecule has 1 aliphatic heterocycles. The summed E-state index contributed by atoms with van der Waals surface area (Å²) in [6.07, 6.45) is 1.96. The number of hydrogen-bond acceptors (Lipinski definition) is 4. The van der Waals surface area contributed by atoms with Crippen LogP contribution in [0, 0.1) is 18.8 Å². The molecule has 2 aromatic heterocycles. The molecule has 7 aromatic carbocycles. The van der Waals surface area contributed by atoms with E-state index in [0.29, 0.717) is 11.5 Å². The van der Waals surface area contributed by atoms with Crippen LogP contribution >= 0.6 is 0 Å². The smallest absolute Gasteiger partial charge is 0.135 e. The van der Waals surface area contributed by atoms with Crippen LogP contribution in [0.25, 0.3) is 38.8 Å². The number of hydrogen-bond donors (Lipinski definition) is 0. The standard InChI is InChI=1S/C67H69N4O.Pt/c1-63(2,3)47-34-48(64(4,5)6)37-51(36-47)67(13,14)46-31-32-68-62(40-46)71-58-30-27-45(44-21-16-15-17-22-44)33-57(58)56-29-28-55(42-61(56)71)72-54-24-20-23-52(41-54)69-43-70(60-26-19-18-25-59(60)69)53-38-49(65(7,8)9)35-50(39-53)66(10,11)12;/h15-40,43H,1-14H3;/q-3;.